The first-order valence-electron chi connectivity index (χ1n) is 8.67. The van der Waals surface area contributed by atoms with Crippen LogP contribution in [0.3, 0.4) is 0 Å². The summed E-state index contributed by atoms with van der Waals surface area (Å²) in [6, 6.07) is 13.8. The summed E-state index contributed by atoms with van der Waals surface area (Å²) in [5, 5.41) is 15.9. The summed E-state index contributed by atoms with van der Waals surface area (Å²) in [6.07, 6.45) is 1.31. The molecule has 9 heteroatoms. The van der Waals surface area contributed by atoms with Gasteiger partial charge >= 0.3 is 5.97 Å². The molecule has 0 aliphatic carbocycles. The highest BCUT2D eigenvalue weighted by Crippen LogP contribution is 2.30. The fourth-order valence-electron chi connectivity index (χ4n) is 2.54. The SMILES string of the molecule is CC(=O)Nc1ccc(C(=O)NN=Cc2ccc(-c3cc(C(=O)O)ccc3Cl)o2)cc1. The molecule has 1 heterocycles. The highest BCUT2D eigenvalue weighted by molar-refractivity contribution is 6.33. The van der Waals surface area contributed by atoms with Crippen LogP contribution in [-0.4, -0.2) is 29.1 Å². The molecule has 2 aromatic carbocycles. The van der Waals surface area contributed by atoms with Gasteiger partial charge in [0.1, 0.15) is 11.5 Å². The number of carboxylic acids is 1. The Morgan fingerprint density at radius 1 is 1.03 bits per heavy atom. The Labute approximate surface area is 176 Å². The van der Waals surface area contributed by atoms with Gasteiger partial charge in [0.2, 0.25) is 5.91 Å². The maximum absolute atomic E-state index is 12.1. The fourth-order valence-corrected chi connectivity index (χ4v) is 2.75. The average molecular weight is 426 g/mol. The Balaban J connectivity index is 1.66. The summed E-state index contributed by atoms with van der Waals surface area (Å²) >= 11 is 6.13. The van der Waals surface area contributed by atoms with E-state index in [1.54, 1.807) is 36.4 Å². The summed E-state index contributed by atoms with van der Waals surface area (Å²) < 4.78 is 5.61. The molecule has 0 saturated heterocycles. The number of halogens is 1. The molecule has 0 fully saturated rings. The van der Waals surface area contributed by atoms with E-state index in [2.05, 4.69) is 15.8 Å². The minimum atomic E-state index is -1.07. The van der Waals surface area contributed by atoms with E-state index in [-0.39, 0.29) is 11.5 Å². The minimum absolute atomic E-state index is 0.0813. The van der Waals surface area contributed by atoms with E-state index in [4.69, 9.17) is 21.1 Å². The van der Waals surface area contributed by atoms with E-state index in [0.29, 0.717) is 33.4 Å². The number of nitrogens with zero attached hydrogens (tertiary/aromatic N) is 1. The molecular formula is C21H16ClN3O5. The normalized spacial score (nSPS) is 10.7. The number of anilines is 1. The summed E-state index contributed by atoms with van der Waals surface area (Å²) in [7, 11) is 0. The number of benzene rings is 2. The molecule has 8 nitrogen and oxygen atoms in total. The molecule has 3 aromatic rings. The van der Waals surface area contributed by atoms with Crippen molar-refractivity contribution in [3.63, 3.8) is 0 Å². The zero-order valence-corrected chi connectivity index (χ0v) is 16.4. The van der Waals surface area contributed by atoms with Gasteiger partial charge in [-0.25, -0.2) is 10.2 Å². The summed E-state index contributed by atoms with van der Waals surface area (Å²) in [5.74, 6) is -1.02. The Kier molecular flexibility index (Phi) is 6.29. The molecule has 0 aliphatic rings. The third-order valence-electron chi connectivity index (χ3n) is 3.93. The van der Waals surface area contributed by atoms with Crippen molar-refractivity contribution in [2.24, 2.45) is 5.10 Å². The van der Waals surface area contributed by atoms with Crippen molar-refractivity contribution >= 4 is 41.3 Å². The standard InChI is InChI=1S/C21H16ClN3O5/c1-12(26)24-15-5-2-13(3-6-15)20(27)25-23-11-16-7-9-19(30-16)17-10-14(21(28)29)4-8-18(17)22/h2-11H,1H3,(H,24,26)(H,25,27)(H,28,29). The number of hydrogen-bond donors (Lipinski definition) is 3. The number of amides is 2. The Morgan fingerprint density at radius 2 is 1.73 bits per heavy atom. The van der Waals surface area contributed by atoms with Crippen molar-refractivity contribution in [1.82, 2.24) is 5.43 Å². The van der Waals surface area contributed by atoms with E-state index in [1.807, 2.05) is 0 Å². The Bertz CT molecular complexity index is 1140. The van der Waals surface area contributed by atoms with Crippen LogP contribution in [0.15, 0.2) is 64.1 Å². The Morgan fingerprint density at radius 3 is 2.40 bits per heavy atom. The molecule has 0 atom stereocenters. The number of hydrogen-bond acceptors (Lipinski definition) is 5. The second kappa shape index (κ2) is 9.06. The highest BCUT2D eigenvalue weighted by atomic mass is 35.5. The van der Waals surface area contributed by atoms with Crippen molar-refractivity contribution in [1.29, 1.82) is 0 Å². The third-order valence-corrected chi connectivity index (χ3v) is 4.26. The molecule has 0 bridgehead atoms. The lowest BCUT2D eigenvalue weighted by Gasteiger charge is -2.03. The molecule has 0 spiro atoms. The minimum Gasteiger partial charge on any atom is -0.478 e. The lowest BCUT2D eigenvalue weighted by Crippen LogP contribution is -2.17. The van der Waals surface area contributed by atoms with E-state index < -0.39 is 11.9 Å². The zero-order valence-electron chi connectivity index (χ0n) is 15.7. The molecule has 0 saturated carbocycles. The van der Waals surface area contributed by atoms with Gasteiger partial charge < -0.3 is 14.8 Å². The molecule has 152 valence electrons. The summed E-state index contributed by atoms with van der Waals surface area (Å²) in [6.45, 7) is 1.40. The van der Waals surface area contributed by atoms with Crippen LogP contribution in [0.1, 0.15) is 33.4 Å². The van der Waals surface area contributed by atoms with E-state index in [9.17, 15) is 14.4 Å². The molecule has 2 amide bonds. The van der Waals surface area contributed by atoms with Crippen LogP contribution in [0.4, 0.5) is 5.69 Å². The van der Waals surface area contributed by atoms with Gasteiger partial charge in [-0.3, -0.25) is 9.59 Å². The van der Waals surface area contributed by atoms with Gasteiger partial charge in [0.25, 0.3) is 5.91 Å². The maximum atomic E-state index is 12.1. The molecule has 30 heavy (non-hydrogen) atoms. The van der Waals surface area contributed by atoms with Crippen molar-refractivity contribution < 1.29 is 23.9 Å². The topological polar surface area (TPSA) is 121 Å². The number of carbonyl (C=O) groups is 3. The molecule has 1 aromatic heterocycles. The quantitative estimate of drug-likeness (QED) is 0.407. The maximum Gasteiger partial charge on any atom is 0.335 e. The number of furan rings is 1. The van der Waals surface area contributed by atoms with Gasteiger partial charge in [-0.05, 0) is 54.6 Å². The number of rotatable bonds is 6. The fraction of sp³-hybridized carbons (Fsp3) is 0.0476. The first-order valence-corrected chi connectivity index (χ1v) is 9.05. The van der Waals surface area contributed by atoms with Crippen molar-refractivity contribution in [3.05, 3.63) is 76.5 Å². The van der Waals surface area contributed by atoms with Crippen LogP contribution in [0.5, 0.6) is 0 Å². The van der Waals surface area contributed by atoms with Crippen LogP contribution in [0.25, 0.3) is 11.3 Å². The van der Waals surface area contributed by atoms with Crippen LogP contribution in [-0.2, 0) is 4.79 Å². The Hall–Kier alpha value is -3.91. The molecule has 3 rings (SSSR count). The highest BCUT2D eigenvalue weighted by Gasteiger charge is 2.12. The van der Waals surface area contributed by atoms with E-state index in [1.165, 1.54) is 31.3 Å². The molecule has 0 radical (unpaired) electrons. The molecule has 0 aliphatic heterocycles. The number of carboxylic acid groups (broad SMARTS) is 1. The van der Waals surface area contributed by atoms with E-state index in [0.717, 1.165) is 0 Å². The third kappa shape index (κ3) is 5.12. The van der Waals surface area contributed by atoms with Crippen LogP contribution in [0, 0.1) is 0 Å². The van der Waals surface area contributed by atoms with Crippen molar-refractivity contribution in [3.8, 4) is 11.3 Å². The monoisotopic (exact) mass is 425 g/mol. The van der Waals surface area contributed by atoms with Crippen LogP contribution >= 0.6 is 11.6 Å². The van der Waals surface area contributed by atoms with Crippen LogP contribution < -0.4 is 10.7 Å². The van der Waals surface area contributed by atoms with Crippen molar-refractivity contribution in [2.75, 3.05) is 5.32 Å². The smallest absolute Gasteiger partial charge is 0.335 e. The van der Waals surface area contributed by atoms with Crippen LogP contribution in [0.2, 0.25) is 5.02 Å². The predicted molar refractivity (Wildman–Crippen MR) is 112 cm³/mol. The first kappa shape index (κ1) is 20.8. The second-order valence-electron chi connectivity index (χ2n) is 6.16. The number of aromatic carboxylic acids is 1. The van der Waals surface area contributed by atoms with Crippen molar-refractivity contribution in [2.45, 2.75) is 6.92 Å². The average Bonchev–Trinajstić information content (AvgIpc) is 3.16. The van der Waals surface area contributed by atoms with Gasteiger partial charge in [0.05, 0.1) is 16.8 Å². The second-order valence-corrected chi connectivity index (χ2v) is 6.57. The number of carbonyl (C=O) groups excluding carboxylic acids is 2. The van der Waals surface area contributed by atoms with Gasteiger partial charge in [-0.1, -0.05) is 11.6 Å². The zero-order chi connectivity index (χ0) is 21.7. The molecule has 0 unspecified atom stereocenters. The summed E-state index contributed by atoms with van der Waals surface area (Å²) in [4.78, 5) is 34.3. The van der Waals surface area contributed by atoms with Gasteiger partial charge in [0.15, 0.2) is 0 Å². The number of nitrogens with one attached hydrogen (secondary N) is 2. The van der Waals surface area contributed by atoms with Gasteiger partial charge in [-0.15, -0.1) is 0 Å². The molecular weight excluding hydrogens is 410 g/mol. The predicted octanol–water partition coefficient (Wildman–Crippen LogP) is 4.02. The summed E-state index contributed by atoms with van der Waals surface area (Å²) in [5.41, 5.74) is 3.82. The lowest BCUT2D eigenvalue weighted by atomic mass is 10.1. The van der Waals surface area contributed by atoms with Gasteiger partial charge in [0, 0.05) is 23.7 Å². The number of hydrazone groups is 1. The lowest BCUT2D eigenvalue weighted by molar-refractivity contribution is -0.114. The largest absolute Gasteiger partial charge is 0.478 e. The molecule has 3 N–H and O–H groups in total. The van der Waals surface area contributed by atoms with Gasteiger partial charge in [-0.2, -0.15) is 5.10 Å². The first-order chi connectivity index (χ1) is 14.3. The van der Waals surface area contributed by atoms with E-state index >= 15 is 0 Å².